The van der Waals surface area contributed by atoms with Crippen LogP contribution in [0.3, 0.4) is 0 Å². The van der Waals surface area contributed by atoms with E-state index in [1.54, 1.807) is 0 Å². The predicted molar refractivity (Wildman–Crippen MR) is 86.0 cm³/mol. The number of ether oxygens (including phenoxy) is 1. The zero-order valence-corrected chi connectivity index (χ0v) is 12.1. The molecule has 2 aromatic rings. The number of benzene rings is 2. The Hall–Kier alpha value is -2.53. The highest BCUT2D eigenvalue weighted by Gasteiger charge is 2.25. The van der Waals surface area contributed by atoms with Gasteiger partial charge < -0.3 is 20.3 Å². The van der Waals surface area contributed by atoms with Crippen LogP contribution >= 0.6 is 0 Å². The van der Waals surface area contributed by atoms with E-state index < -0.39 is 0 Å². The summed E-state index contributed by atoms with van der Waals surface area (Å²) in [4.78, 5) is 14.7. The maximum absolute atomic E-state index is 12.5. The highest BCUT2D eigenvalue weighted by molar-refractivity contribution is 6.09. The molecule has 1 amide bonds. The van der Waals surface area contributed by atoms with Gasteiger partial charge in [0.1, 0.15) is 0 Å². The Labute approximate surface area is 128 Å². The number of carbonyl (C=O) groups excluding carboxylic acids is 1. The number of piperazine rings is 1. The van der Waals surface area contributed by atoms with Gasteiger partial charge in [-0.3, -0.25) is 4.79 Å². The molecule has 2 aliphatic rings. The number of hydrogen-bond acceptors (Lipinski definition) is 4. The summed E-state index contributed by atoms with van der Waals surface area (Å²) in [5, 5.41) is 6.25. The Balaban J connectivity index is 1.82. The van der Waals surface area contributed by atoms with E-state index in [2.05, 4.69) is 15.5 Å². The van der Waals surface area contributed by atoms with Crippen LogP contribution in [0.25, 0.3) is 0 Å². The summed E-state index contributed by atoms with van der Waals surface area (Å²) < 4.78 is 6.11. The average molecular weight is 295 g/mol. The lowest BCUT2D eigenvalue weighted by Crippen LogP contribution is -2.43. The van der Waals surface area contributed by atoms with Gasteiger partial charge in [-0.05, 0) is 24.3 Å². The van der Waals surface area contributed by atoms with Crippen LogP contribution in [0.5, 0.6) is 11.5 Å². The van der Waals surface area contributed by atoms with Crippen molar-refractivity contribution in [2.45, 2.75) is 0 Å². The monoisotopic (exact) mass is 295 g/mol. The van der Waals surface area contributed by atoms with E-state index in [0.717, 1.165) is 31.9 Å². The van der Waals surface area contributed by atoms with Crippen LogP contribution in [-0.2, 0) is 0 Å². The number of nitrogens with one attached hydrogen (secondary N) is 2. The zero-order chi connectivity index (χ0) is 14.9. The second-order valence-electron chi connectivity index (χ2n) is 5.44. The molecule has 5 heteroatoms. The Morgan fingerprint density at radius 1 is 1.00 bits per heavy atom. The van der Waals surface area contributed by atoms with Crippen LogP contribution in [0, 0.1) is 0 Å². The molecule has 112 valence electrons. The Morgan fingerprint density at radius 2 is 1.82 bits per heavy atom. The molecule has 2 heterocycles. The first-order valence-electron chi connectivity index (χ1n) is 7.50. The number of rotatable bonds is 1. The van der Waals surface area contributed by atoms with Crippen molar-refractivity contribution in [3.8, 4) is 11.5 Å². The second-order valence-corrected chi connectivity index (χ2v) is 5.44. The van der Waals surface area contributed by atoms with Crippen LogP contribution < -0.4 is 20.3 Å². The fraction of sp³-hybridized carbons (Fsp3) is 0.235. The van der Waals surface area contributed by atoms with Crippen LogP contribution in [0.15, 0.2) is 42.5 Å². The lowest BCUT2D eigenvalue weighted by molar-refractivity contribution is 0.102. The molecular formula is C17H17N3O2. The topological polar surface area (TPSA) is 53.6 Å². The maximum atomic E-state index is 12.5. The first-order valence-corrected chi connectivity index (χ1v) is 7.50. The van der Waals surface area contributed by atoms with Crippen LogP contribution in [0.2, 0.25) is 0 Å². The highest BCUT2D eigenvalue weighted by atomic mass is 16.5. The number of anilines is 2. The fourth-order valence-corrected chi connectivity index (χ4v) is 2.92. The van der Waals surface area contributed by atoms with Gasteiger partial charge in [0.2, 0.25) is 0 Å². The molecule has 0 radical (unpaired) electrons. The Kier molecular flexibility index (Phi) is 3.20. The van der Waals surface area contributed by atoms with E-state index >= 15 is 0 Å². The van der Waals surface area contributed by atoms with Crippen molar-refractivity contribution in [1.29, 1.82) is 0 Å². The molecule has 2 N–H and O–H groups in total. The van der Waals surface area contributed by atoms with Gasteiger partial charge in [-0.1, -0.05) is 18.2 Å². The molecular weight excluding hydrogens is 278 g/mol. The molecule has 0 aromatic heterocycles. The SMILES string of the molecule is O=C1Nc2ccccc2Oc2c1cccc2N1CCNCC1. The molecule has 1 saturated heterocycles. The molecule has 0 atom stereocenters. The second kappa shape index (κ2) is 5.35. The minimum absolute atomic E-state index is 0.128. The molecule has 2 aromatic carbocycles. The summed E-state index contributed by atoms with van der Waals surface area (Å²) in [7, 11) is 0. The van der Waals surface area contributed by atoms with Gasteiger partial charge in [-0.15, -0.1) is 0 Å². The molecule has 22 heavy (non-hydrogen) atoms. The molecule has 0 saturated carbocycles. The summed E-state index contributed by atoms with van der Waals surface area (Å²) >= 11 is 0. The molecule has 2 aliphatic heterocycles. The van der Waals surface area contributed by atoms with Gasteiger partial charge in [0, 0.05) is 26.2 Å². The Bertz CT molecular complexity index is 724. The Morgan fingerprint density at radius 3 is 2.68 bits per heavy atom. The molecule has 4 rings (SSSR count). The lowest BCUT2D eigenvalue weighted by atomic mass is 10.1. The average Bonchev–Trinajstić information content (AvgIpc) is 2.71. The summed E-state index contributed by atoms with van der Waals surface area (Å²) in [6, 6.07) is 13.3. The maximum Gasteiger partial charge on any atom is 0.259 e. The minimum Gasteiger partial charge on any atom is -0.452 e. The van der Waals surface area contributed by atoms with Gasteiger partial charge in [-0.2, -0.15) is 0 Å². The lowest BCUT2D eigenvalue weighted by Gasteiger charge is -2.31. The van der Waals surface area contributed by atoms with Crippen LogP contribution in [0.4, 0.5) is 11.4 Å². The largest absolute Gasteiger partial charge is 0.452 e. The van der Waals surface area contributed by atoms with E-state index in [1.165, 1.54) is 0 Å². The number of amides is 1. The summed E-state index contributed by atoms with van der Waals surface area (Å²) in [6.45, 7) is 3.69. The number of carbonyl (C=O) groups is 1. The molecule has 5 nitrogen and oxygen atoms in total. The summed E-state index contributed by atoms with van der Waals surface area (Å²) in [6.07, 6.45) is 0. The summed E-state index contributed by atoms with van der Waals surface area (Å²) in [5.41, 5.74) is 2.26. The molecule has 0 aliphatic carbocycles. The number of hydrogen-bond donors (Lipinski definition) is 2. The van der Waals surface area contributed by atoms with Crippen molar-refractivity contribution in [3.05, 3.63) is 48.0 Å². The normalized spacial score (nSPS) is 16.9. The van der Waals surface area contributed by atoms with Crippen molar-refractivity contribution in [1.82, 2.24) is 5.32 Å². The van der Waals surface area contributed by atoms with Crippen LogP contribution in [0.1, 0.15) is 10.4 Å². The first-order chi connectivity index (χ1) is 10.8. The minimum atomic E-state index is -0.128. The van der Waals surface area contributed by atoms with Crippen molar-refractivity contribution >= 4 is 17.3 Å². The third-order valence-corrected chi connectivity index (χ3v) is 4.04. The van der Waals surface area contributed by atoms with Gasteiger partial charge >= 0.3 is 0 Å². The van der Waals surface area contributed by atoms with E-state index in [9.17, 15) is 4.79 Å². The van der Waals surface area contributed by atoms with Crippen molar-refractivity contribution < 1.29 is 9.53 Å². The van der Waals surface area contributed by atoms with Crippen molar-refractivity contribution in [3.63, 3.8) is 0 Å². The molecule has 0 unspecified atom stereocenters. The van der Waals surface area contributed by atoms with Gasteiger partial charge in [0.15, 0.2) is 11.5 Å². The third kappa shape index (κ3) is 2.19. The third-order valence-electron chi connectivity index (χ3n) is 4.04. The van der Waals surface area contributed by atoms with Gasteiger partial charge in [0.25, 0.3) is 5.91 Å². The molecule has 0 bridgehead atoms. The van der Waals surface area contributed by atoms with E-state index in [0.29, 0.717) is 22.7 Å². The molecule has 1 fully saturated rings. The van der Waals surface area contributed by atoms with E-state index in [1.807, 2.05) is 42.5 Å². The smallest absolute Gasteiger partial charge is 0.259 e. The number of fused-ring (bicyclic) bond motifs is 2. The van der Waals surface area contributed by atoms with E-state index in [-0.39, 0.29) is 5.91 Å². The van der Waals surface area contributed by atoms with Crippen molar-refractivity contribution in [2.24, 2.45) is 0 Å². The predicted octanol–water partition coefficient (Wildman–Crippen LogP) is 2.45. The van der Waals surface area contributed by atoms with Gasteiger partial charge in [0.05, 0.1) is 16.9 Å². The first kappa shape index (κ1) is 13.2. The molecule has 0 spiro atoms. The zero-order valence-electron chi connectivity index (χ0n) is 12.1. The van der Waals surface area contributed by atoms with Crippen LogP contribution in [-0.4, -0.2) is 32.1 Å². The van der Waals surface area contributed by atoms with E-state index in [4.69, 9.17) is 4.74 Å². The highest BCUT2D eigenvalue weighted by Crippen LogP contribution is 2.41. The number of nitrogens with zero attached hydrogens (tertiary/aromatic N) is 1. The quantitative estimate of drug-likeness (QED) is 0.848. The van der Waals surface area contributed by atoms with Crippen molar-refractivity contribution in [2.75, 3.05) is 36.4 Å². The van der Waals surface area contributed by atoms with Gasteiger partial charge in [-0.25, -0.2) is 0 Å². The standard InChI is InChI=1S/C17H17N3O2/c21-17-12-4-3-6-14(20-10-8-18-9-11-20)16(12)22-15-7-2-1-5-13(15)19-17/h1-7,18H,8-11H2,(H,19,21). The fourth-order valence-electron chi connectivity index (χ4n) is 2.92. The number of para-hydroxylation sites is 3. The summed E-state index contributed by atoms with van der Waals surface area (Å²) in [5.74, 6) is 1.20.